The number of nitrogens with two attached hydrogens (primary N) is 1. The first-order valence-corrected chi connectivity index (χ1v) is 35.1. The summed E-state index contributed by atoms with van der Waals surface area (Å²) in [5, 5.41) is 70.2. The number of carbonyl (C=O) groups is 12. The maximum Gasteiger partial charge on any atom is 0.508 e. The van der Waals surface area contributed by atoms with E-state index in [0.29, 0.717) is 11.1 Å². The van der Waals surface area contributed by atoms with Crippen molar-refractivity contribution in [2.75, 3.05) is 18.5 Å². The normalized spacial score (nSPS) is 24.7. The molecule has 1 aliphatic heterocycles. The molecule has 6 amide bonds. The summed E-state index contributed by atoms with van der Waals surface area (Å²) in [5.74, 6) is -12.3. The number of aliphatic hydroxyl groups excluding tert-OH is 3. The first-order chi connectivity index (χ1) is 50.4. The molecule has 31 heteroatoms. The van der Waals surface area contributed by atoms with Gasteiger partial charge in [0, 0.05) is 56.3 Å². The summed E-state index contributed by atoms with van der Waals surface area (Å²) in [6.07, 6.45) is -16.8. The Hall–Kier alpha value is -10.0. The number of aliphatic hydroxyl groups is 5. The molecule has 3 aliphatic carbocycles. The van der Waals surface area contributed by atoms with Crippen LogP contribution in [0.3, 0.4) is 0 Å². The Kier molecular flexibility index (Phi) is 27.1. The van der Waals surface area contributed by atoms with Gasteiger partial charge in [0.1, 0.15) is 54.7 Å². The molecule has 0 radical (unpaired) electrons. The van der Waals surface area contributed by atoms with Crippen molar-refractivity contribution in [1.82, 2.24) is 26.6 Å². The molecular formula is C76H95N7O24. The number of esters is 4. The highest BCUT2D eigenvalue weighted by Gasteiger charge is 2.79. The van der Waals surface area contributed by atoms with Crippen molar-refractivity contribution >= 4 is 76.9 Å². The van der Waals surface area contributed by atoms with Gasteiger partial charge in [0.05, 0.1) is 48.1 Å². The lowest BCUT2D eigenvalue weighted by atomic mass is 9.44. The zero-order chi connectivity index (χ0) is 78.6. The molecule has 0 spiro atoms. The molecule has 16 atom stereocenters. The summed E-state index contributed by atoms with van der Waals surface area (Å²) in [6, 6.07) is 22.9. The smallest absolute Gasteiger partial charge is 0.456 e. The van der Waals surface area contributed by atoms with E-state index in [-0.39, 0.29) is 59.7 Å². The fourth-order valence-electron chi connectivity index (χ4n) is 14.5. The predicted molar refractivity (Wildman–Crippen MR) is 377 cm³/mol. The molecule has 4 aromatic carbocycles. The van der Waals surface area contributed by atoms with Crippen molar-refractivity contribution in [1.29, 1.82) is 0 Å². The van der Waals surface area contributed by atoms with Crippen LogP contribution in [0.2, 0.25) is 0 Å². The summed E-state index contributed by atoms with van der Waals surface area (Å²) < 4.78 is 43.2. The lowest BCUT2D eigenvalue weighted by Crippen LogP contribution is -2.82. The highest BCUT2D eigenvalue weighted by molar-refractivity contribution is 6.01. The molecule has 2 saturated carbocycles. The van der Waals surface area contributed by atoms with Gasteiger partial charge in [-0.05, 0) is 105 Å². The minimum atomic E-state index is -2.61. The van der Waals surface area contributed by atoms with Crippen LogP contribution < -0.4 is 37.6 Å². The topological polar surface area (TPSA) is 469 Å². The summed E-state index contributed by atoms with van der Waals surface area (Å²) >= 11 is 0. The van der Waals surface area contributed by atoms with Crippen molar-refractivity contribution in [3.8, 4) is 0 Å². The van der Waals surface area contributed by atoms with Crippen LogP contribution in [0.25, 0.3) is 0 Å². The highest BCUT2D eigenvalue weighted by Crippen LogP contribution is 2.65. The van der Waals surface area contributed by atoms with Gasteiger partial charge in [-0.3, -0.25) is 43.2 Å². The SMILES string of the molecule is CC(=O)O[C@H]1C(=O)[C@@]2(C)C(C(OC(=O)c3ccccc3)[C@]3(O)C[C@H](OC(=O)[C@H](O)[C@@H](NC(=O)c4ccccc4)c4ccccc4)C(C)=C1C3(C)C)[C@]1(OC(C)=O)CO[C@@H]1C[C@@H]2OC(=O)OCc1ccc(NC(=O)[C@@H](CC(C)C)NC(=O)[C@@H](CC(N)=O)NC(=O)[C@@H](C)NC(=O)[C@@H](C)NC[C@@H](O)CCC(O)O)cc1. The summed E-state index contributed by atoms with van der Waals surface area (Å²) in [4.78, 5) is 168. The Morgan fingerprint density at radius 3 is 1.84 bits per heavy atom. The second-order valence-electron chi connectivity index (χ2n) is 28.7. The van der Waals surface area contributed by atoms with E-state index < -0.39 is 211 Å². The molecule has 4 aliphatic rings. The van der Waals surface area contributed by atoms with E-state index >= 15 is 4.79 Å². The monoisotopic (exact) mass is 1490 g/mol. The zero-order valence-electron chi connectivity index (χ0n) is 61.1. The van der Waals surface area contributed by atoms with Crippen molar-refractivity contribution in [2.45, 2.75) is 205 Å². The number of ketones is 1. The average Bonchev–Trinajstić information content (AvgIpc) is 0.667. The average molecular weight is 1490 g/mol. The van der Waals surface area contributed by atoms with E-state index in [1.165, 1.54) is 90.1 Å². The minimum absolute atomic E-state index is 0.0258. The summed E-state index contributed by atoms with van der Waals surface area (Å²) in [6.45, 7) is 13.1. The molecule has 2 unspecified atom stereocenters. The van der Waals surface area contributed by atoms with Crippen LogP contribution in [0.5, 0.6) is 0 Å². The summed E-state index contributed by atoms with van der Waals surface area (Å²) in [7, 11) is 0. The third kappa shape index (κ3) is 19.2. The fourth-order valence-corrected chi connectivity index (χ4v) is 14.5. The molecule has 1 saturated heterocycles. The Morgan fingerprint density at radius 1 is 0.673 bits per heavy atom. The standard InChI is InChI=1S/C76H95N7O24/c1-39(2)32-51(82-69(96)52(33-56(77)87)81-66(93)42(5)79-65(92)41(4)78-36-50(86)30-31-57(88)89)68(95)80-49-28-26-45(27-29-49)37-101-72(99)105-54-34-55-75(38-102-55,107-44(7)85)62-64(106-70(97)48-24-18-13-19-25-48)76(100)35-53(40(3)58(73(76,8)9)61(103-43(6)84)63(91)74(54,62)10)104-71(98)60(90)59(46-20-14-11-15-21-46)83-67(94)47-22-16-12-17-23-47/h11-29,39,41-42,50-55,57,59-62,64,78,86,88-90,100H,30-38H2,1-10H3,(H2,77,87)(H,79,92)(H,80,95)(H,81,93)(H,82,96)(H,83,94)/t41-,42-,50+,51-,52-,53+,54+,55-,59+,60-,61-,62?,64?,74-,75+,76-/m1/s1. The molecule has 8 rings (SSSR count). The number of nitrogens with one attached hydrogen (secondary N) is 6. The molecule has 3 fully saturated rings. The Bertz CT molecular complexity index is 3950. The van der Waals surface area contributed by atoms with Gasteiger partial charge in [0.15, 0.2) is 29.9 Å². The van der Waals surface area contributed by atoms with Crippen LogP contribution >= 0.6 is 0 Å². The van der Waals surface area contributed by atoms with Gasteiger partial charge in [-0.15, -0.1) is 0 Å². The van der Waals surface area contributed by atoms with E-state index in [2.05, 4.69) is 31.9 Å². The molecule has 107 heavy (non-hydrogen) atoms. The quantitative estimate of drug-likeness (QED) is 0.0149. The molecule has 13 N–H and O–H groups in total. The highest BCUT2D eigenvalue weighted by atomic mass is 16.7. The number of rotatable bonds is 31. The first-order valence-electron chi connectivity index (χ1n) is 35.1. The first kappa shape index (κ1) is 82.6. The van der Waals surface area contributed by atoms with Crippen molar-refractivity contribution in [2.24, 2.45) is 28.4 Å². The van der Waals surface area contributed by atoms with E-state index in [1.54, 1.807) is 80.6 Å². The lowest BCUT2D eigenvalue weighted by Gasteiger charge is -2.67. The second kappa shape index (κ2) is 35.1. The number of hydrogen-bond donors (Lipinski definition) is 12. The number of benzene rings is 4. The van der Waals surface area contributed by atoms with Crippen LogP contribution in [-0.4, -0.2) is 194 Å². The second-order valence-corrected chi connectivity index (χ2v) is 28.7. The van der Waals surface area contributed by atoms with Gasteiger partial charge in [-0.2, -0.15) is 0 Å². The molecule has 4 aromatic rings. The van der Waals surface area contributed by atoms with Crippen molar-refractivity contribution < 1.29 is 116 Å². The number of Topliss-reactive ketones (excluding diaryl/α,β-unsaturated/α-hetero) is 1. The van der Waals surface area contributed by atoms with E-state index in [1.807, 2.05) is 0 Å². The Balaban J connectivity index is 1.05. The van der Waals surface area contributed by atoms with Crippen LogP contribution in [0.4, 0.5) is 10.5 Å². The molecule has 578 valence electrons. The molecule has 31 nitrogen and oxygen atoms in total. The van der Waals surface area contributed by atoms with Crippen molar-refractivity contribution in [3.05, 3.63) is 149 Å². The molecule has 2 bridgehead atoms. The minimum Gasteiger partial charge on any atom is -0.456 e. The number of hydrogen-bond acceptors (Lipinski definition) is 25. The number of primary amides is 1. The zero-order valence-corrected chi connectivity index (χ0v) is 61.1. The molecular weight excluding hydrogens is 1390 g/mol. The number of fused-ring (bicyclic) bond motifs is 5. The van der Waals surface area contributed by atoms with Crippen LogP contribution in [-0.2, 0) is 82.9 Å². The van der Waals surface area contributed by atoms with Crippen LogP contribution in [0.1, 0.15) is 146 Å². The van der Waals surface area contributed by atoms with Gasteiger partial charge < -0.3 is 96.3 Å². The lowest BCUT2D eigenvalue weighted by molar-refractivity contribution is -0.346. The largest absolute Gasteiger partial charge is 0.508 e. The maximum atomic E-state index is 16.5. The number of carbonyl (C=O) groups excluding carboxylic acids is 12. The predicted octanol–water partition coefficient (Wildman–Crippen LogP) is 2.86. The van der Waals surface area contributed by atoms with E-state index in [4.69, 9.17) is 49.1 Å². The number of ether oxygens (including phenoxy) is 7. The maximum absolute atomic E-state index is 16.5. The van der Waals surface area contributed by atoms with Crippen LogP contribution in [0.15, 0.2) is 126 Å². The third-order valence-electron chi connectivity index (χ3n) is 20.2. The van der Waals surface area contributed by atoms with Gasteiger partial charge in [-0.1, -0.05) is 107 Å². The third-order valence-corrected chi connectivity index (χ3v) is 20.2. The van der Waals surface area contributed by atoms with Gasteiger partial charge in [-0.25, -0.2) is 14.4 Å². The van der Waals surface area contributed by atoms with Gasteiger partial charge >= 0.3 is 30.0 Å². The number of anilines is 1. The van der Waals surface area contributed by atoms with E-state index in [0.717, 1.165) is 13.8 Å². The van der Waals surface area contributed by atoms with Gasteiger partial charge in [0.25, 0.3) is 5.91 Å². The molecule has 1 heterocycles. The van der Waals surface area contributed by atoms with Gasteiger partial charge in [0.2, 0.25) is 29.5 Å². The summed E-state index contributed by atoms with van der Waals surface area (Å²) in [5.41, 5.74) is -2.55. The fraction of sp³-hybridized carbons (Fsp3) is 0.500. The van der Waals surface area contributed by atoms with Crippen molar-refractivity contribution in [3.63, 3.8) is 0 Å². The van der Waals surface area contributed by atoms with E-state index in [9.17, 15) is 68.1 Å². The Labute approximate surface area is 617 Å². The number of amides is 6. The van der Waals surface area contributed by atoms with Crippen LogP contribution in [0, 0.1) is 22.7 Å². The Morgan fingerprint density at radius 2 is 1.27 bits per heavy atom. The molecule has 0 aromatic heterocycles.